The molecule has 1 N–H and O–H groups in total. The van der Waals surface area contributed by atoms with Gasteiger partial charge in [-0.1, -0.05) is 0 Å². The maximum absolute atomic E-state index is 11.2. The second kappa shape index (κ2) is 3.58. The molecule has 64 valence electrons. The average molecular weight is 168 g/mol. The van der Waals surface area contributed by atoms with E-state index in [9.17, 15) is 9.59 Å². The van der Waals surface area contributed by atoms with Gasteiger partial charge in [0.05, 0.1) is 13.2 Å². The molecule has 2 amide bonds. The van der Waals surface area contributed by atoms with Gasteiger partial charge in [-0.25, -0.2) is 0 Å². The normalized spacial score (nSPS) is 24.1. The lowest BCUT2D eigenvalue weighted by Crippen LogP contribution is -2.58. The number of likely N-dealkylation sites (N-methyl/N-ethyl adjacent to an activating group) is 1. The fourth-order valence-corrected chi connectivity index (χ4v) is 1.07. The molecule has 1 aliphatic heterocycles. The van der Waals surface area contributed by atoms with Gasteiger partial charge in [0.25, 0.3) is 8.05 Å². The van der Waals surface area contributed by atoms with Crippen molar-refractivity contribution >= 4 is 19.9 Å². The van der Waals surface area contributed by atoms with Crippen LogP contribution in [0.25, 0.3) is 0 Å². The fraction of sp³-hybridized carbons (Fsp3) is 0.667. The Labute approximate surface area is 71.5 Å². The molecule has 0 spiro atoms. The lowest BCUT2D eigenvalue weighted by molar-refractivity contribution is -0.143. The Morgan fingerprint density at radius 3 is 3.00 bits per heavy atom. The number of nitrogens with zero attached hydrogens (tertiary/aromatic N) is 1. The molecule has 1 unspecified atom stereocenters. The molecule has 2 radical (unpaired) electrons. The van der Waals surface area contributed by atoms with E-state index in [-0.39, 0.29) is 25.0 Å². The van der Waals surface area contributed by atoms with Crippen molar-refractivity contribution in [2.75, 3.05) is 20.2 Å². The second-order valence-corrected chi connectivity index (χ2v) is 2.65. The minimum Gasteiger partial charge on any atom is -0.445 e. The van der Waals surface area contributed by atoms with E-state index in [4.69, 9.17) is 8.05 Å². The third kappa shape index (κ3) is 1.76. The van der Waals surface area contributed by atoms with E-state index in [0.29, 0.717) is 0 Å². The summed E-state index contributed by atoms with van der Waals surface area (Å²) in [5, 5.41) is 2.46. The molecule has 0 aromatic rings. The van der Waals surface area contributed by atoms with Crippen LogP contribution in [0.1, 0.15) is 0 Å². The van der Waals surface area contributed by atoms with Crippen molar-refractivity contribution in [2.45, 2.75) is 6.04 Å². The van der Waals surface area contributed by atoms with E-state index in [1.807, 2.05) is 0 Å². The molecule has 0 bridgehead atoms. The number of amides is 2. The zero-order valence-electron chi connectivity index (χ0n) is 6.74. The number of rotatable bonds is 2. The second-order valence-electron chi connectivity index (χ2n) is 2.65. The van der Waals surface area contributed by atoms with Crippen molar-refractivity contribution in [3.05, 3.63) is 0 Å². The minimum absolute atomic E-state index is 0.00884. The molecule has 1 heterocycles. The number of hydrogen-bond acceptors (Lipinski definition) is 3. The van der Waals surface area contributed by atoms with Crippen molar-refractivity contribution in [1.82, 2.24) is 10.2 Å². The summed E-state index contributed by atoms with van der Waals surface area (Å²) < 4.78 is 4.29. The summed E-state index contributed by atoms with van der Waals surface area (Å²) in [7, 11) is 6.35. The van der Waals surface area contributed by atoms with Crippen LogP contribution in [0.3, 0.4) is 0 Å². The van der Waals surface area contributed by atoms with Crippen LogP contribution < -0.4 is 5.32 Å². The van der Waals surface area contributed by atoms with Crippen molar-refractivity contribution < 1.29 is 14.2 Å². The van der Waals surface area contributed by atoms with Gasteiger partial charge in [-0.15, -0.1) is 0 Å². The zero-order chi connectivity index (χ0) is 9.14. The third-order valence-corrected chi connectivity index (χ3v) is 1.65. The van der Waals surface area contributed by atoms with Crippen LogP contribution in [-0.4, -0.2) is 51.0 Å². The zero-order valence-corrected chi connectivity index (χ0v) is 6.74. The molecule has 1 fully saturated rings. The molecule has 1 atom stereocenters. The van der Waals surface area contributed by atoms with Crippen LogP contribution in [0.15, 0.2) is 0 Å². The summed E-state index contributed by atoms with van der Waals surface area (Å²) in [5.41, 5.74) is 0. The predicted molar refractivity (Wildman–Crippen MR) is 41.3 cm³/mol. The van der Waals surface area contributed by atoms with Gasteiger partial charge < -0.3 is 14.9 Å². The van der Waals surface area contributed by atoms with Crippen LogP contribution in [-0.2, 0) is 14.2 Å². The van der Waals surface area contributed by atoms with Gasteiger partial charge in [0.2, 0.25) is 11.8 Å². The summed E-state index contributed by atoms with van der Waals surface area (Å²) in [6.07, 6.45) is 0. The maximum Gasteiger partial charge on any atom is 0.282 e. The SMILES string of the molecule is [B]OCC1NC(=O)CN(C)C1=O. The molecule has 5 nitrogen and oxygen atoms in total. The van der Waals surface area contributed by atoms with E-state index < -0.39 is 6.04 Å². The molecule has 12 heavy (non-hydrogen) atoms. The first-order valence-electron chi connectivity index (χ1n) is 3.51. The maximum atomic E-state index is 11.2. The number of carbonyl (C=O) groups excluding carboxylic acids is 2. The average Bonchev–Trinajstić information content (AvgIpc) is 2.00. The number of piperazine rings is 1. The van der Waals surface area contributed by atoms with Gasteiger partial charge in [-0.2, -0.15) is 0 Å². The molecular weight excluding hydrogens is 159 g/mol. The van der Waals surface area contributed by atoms with Crippen molar-refractivity contribution in [2.24, 2.45) is 0 Å². The van der Waals surface area contributed by atoms with Gasteiger partial charge in [0, 0.05) is 7.05 Å². The van der Waals surface area contributed by atoms with Crippen LogP contribution >= 0.6 is 0 Å². The highest BCUT2D eigenvalue weighted by Gasteiger charge is 2.29. The van der Waals surface area contributed by atoms with Crippen LogP contribution in [0, 0.1) is 0 Å². The highest BCUT2D eigenvalue weighted by atomic mass is 16.4. The highest BCUT2D eigenvalue weighted by Crippen LogP contribution is 1.99. The highest BCUT2D eigenvalue weighted by molar-refractivity contribution is 5.99. The first-order valence-corrected chi connectivity index (χ1v) is 3.51. The summed E-state index contributed by atoms with van der Waals surface area (Å²) in [4.78, 5) is 23.5. The molecule has 0 aliphatic carbocycles. The Kier molecular flexibility index (Phi) is 2.70. The first kappa shape index (κ1) is 9.06. The standard InChI is InChI=1S/C6H9BN2O3/c1-9-2-5(10)8-4(3-12-7)6(9)11/h4H,2-3H2,1H3,(H,8,10). The quantitative estimate of drug-likeness (QED) is 0.487. The first-order chi connectivity index (χ1) is 5.65. The lowest BCUT2D eigenvalue weighted by atomic mass is 10.2. The Morgan fingerprint density at radius 2 is 2.42 bits per heavy atom. The van der Waals surface area contributed by atoms with E-state index in [2.05, 4.69) is 9.97 Å². The lowest BCUT2D eigenvalue weighted by Gasteiger charge is -2.29. The van der Waals surface area contributed by atoms with Crippen molar-refractivity contribution in [3.8, 4) is 0 Å². The Morgan fingerprint density at radius 1 is 1.75 bits per heavy atom. The fourth-order valence-electron chi connectivity index (χ4n) is 1.07. The topological polar surface area (TPSA) is 58.6 Å². The largest absolute Gasteiger partial charge is 0.445 e. The number of hydrogen-bond donors (Lipinski definition) is 1. The van der Waals surface area contributed by atoms with Crippen LogP contribution in [0.5, 0.6) is 0 Å². The van der Waals surface area contributed by atoms with Crippen molar-refractivity contribution in [3.63, 3.8) is 0 Å². The molecular formula is C6H9BN2O3. The van der Waals surface area contributed by atoms with E-state index in [1.165, 1.54) is 4.90 Å². The summed E-state index contributed by atoms with van der Waals surface area (Å²) in [6, 6.07) is -0.638. The minimum atomic E-state index is -0.638. The van der Waals surface area contributed by atoms with E-state index >= 15 is 0 Å². The smallest absolute Gasteiger partial charge is 0.282 e. The summed E-state index contributed by atoms with van der Waals surface area (Å²) in [6.45, 7) is 0.106. The molecule has 0 aromatic heterocycles. The monoisotopic (exact) mass is 168 g/mol. The molecule has 6 heteroatoms. The Bertz CT molecular complexity index is 209. The molecule has 1 saturated heterocycles. The van der Waals surface area contributed by atoms with Gasteiger partial charge >= 0.3 is 0 Å². The number of carbonyl (C=O) groups is 2. The third-order valence-electron chi connectivity index (χ3n) is 1.65. The van der Waals surface area contributed by atoms with E-state index in [1.54, 1.807) is 7.05 Å². The molecule has 1 rings (SSSR count). The number of nitrogens with one attached hydrogen (secondary N) is 1. The molecule has 0 saturated carbocycles. The Hall–Kier alpha value is -1.04. The molecule has 0 aromatic carbocycles. The van der Waals surface area contributed by atoms with Crippen LogP contribution in [0.4, 0.5) is 0 Å². The van der Waals surface area contributed by atoms with E-state index in [0.717, 1.165) is 0 Å². The van der Waals surface area contributed by atoms with Gasteiger partial charge in [-0.05, 0) is 0 Å². The Balaban J connectivity index is 2.60. The summed E-state index contributed by atoms with van der Waals surface area (Å²) >= 11 is 0. The van der Waals surface area contributed by atoms with Crippen molar-refractivity contribution in [1.29, 1.82) is 0 Å². The van der Waals surface area contributed by atoms with Gasteiger partial charge in [0.15, 0.2) is 0 Å². The predicted octanol–water partition coefficient (Wildman–Crippen LogP) is -1.96. The van der Waals surface area contributed by atoms with Gasteiger partial charge in [0.1, 0.15) is 6.04 Å². The van der Waals surface area contributed by atoms with Crippen LogP contribution in [0.2, 0.25) is 0 Å². The molecule has 1 aliphatic rings. The van der Waals surface area contributed by atoms with Gasteiger partial charge in [-0.3, -0.25) is 9.59 Å². The summed E-state index contributed by atoms with van der Waals surface area (Å²) in [5.74, 6) is -0.376.